The Morgan fingerprint density at radius 2 is 0.583 bits per heavy atom. The minimum absolute atomic E-state index is 0.528. The van der Waals surface area contributed by atoms with Crippen LogP contribution in [0.2, 0.25) is 0 Å². The third-order valence-corrected chi connectivity index (χ3v) is 14.3. The molecular weight excluding hydrogens is 432 g/mol. The molecule has 206 valence electrons. The smallest absolute Gasteiger partial charge is 0.0321 e. The van der Waals surface area contributed by atoms with E-state index in [1.54, 1.807) is 77.0 Å². The third kappa shape index (κ3) is 4.78. The molecule has 0 aromatic rings. The first kappa shape index (κ1) is 26.2. The van der Waals surface area contributed by atoms with Gasteiger partial charge in [-0.1, -0.05) is 41.5 Å². The van der Waals surface area contributed by atoms with Gasteiger partial charge in [0.05, 0.1) is 0 Å². The molecule has 6 fully saturated rings. The van der Waals surface area contributed by atoms with Crippen molar-refractivity contribution in [3.8, 4) is 0 Å². The third-order valence-electron chi connectivity index (χ3n) is 14.3. The van der Waals surface area contributed by atoms with Gasteiger partial charge in [0.1, 0.15) is 0 Å². The van der Waals surface area contributed by atoms with Gasteiger partial charge in [0.25, 0.3) is 0 Å². The molecule has 6 aliphatic rings. The molecule has 0 aromatic heterocycles. The van der Waals surface area contributed by atoms with Gasteiger partial charge in [-0.2, -0.15) is 0 Å². The van der Waals surface area contributed by atoms with E-state index < -0.39 is 0 Å². The van der Waals surface area contributed by atoms with Crippen molar-refractivity contribution in [2.75, 3.05) is 0 Å². The van der Waals surface area contributed by atoms with E-state index in [-0.39, 0.29) is 0 Å². The fourth-order valence-electron chi connectivity index (χ4n) is 12.4. The highest BCUT2D eigenvalue weighted by atomic mass is 14.6. The molecule has 0 nitrogen and oxygen atoms in total. The van der Waals surface area contributed by atoms with Gasteiger partial charge in [0.2, 0.25) is 0 Å². The Morgan fingerprint density at radius 1 is 0.306 bits per heavy atom. The second-order valence-electron chi connectivity index (χ2n) is 17.6. The minimum atomic E-state index is 0.528. The first-order valence-corrected chi connectivity index (χ1v) is 17.1. The van der Waals surface area contributed by atoms with Crippen molar-refractivity contribution in [3.63, 3.8) is 0 Å². The van der Waals surface area contributed by atoms with Gasteiger partial charge in [-0.25, -0.2) is 0 Å². The molecule has 0 radical (unpaired) electrons. The van der Waals surface area contributed by atoms with Crippen molar-refractivity contribution in [2.24, 2.45) is 81.8 Å². The van der Waals surface area contributed by atoms with Crippen molar-refractivity contribution in [1.29, 1.82) is 0 Å². The molecule has 6 aliphatic carbocycles. The molecule has 0 aliphatic heterocycles. The minimum Gasteiger partial charge on any atom is -0.0599 e. The number of hydrogen-bond acceptors (Lipinski definition) is 0. The highest BCUT2D eigenvalue weighted by Crippen LogP contribution is 2.65. The SMILES string of the molecule is CC(C)(C)C1CCC(C2CCC3CCC4C(C5CCC(C(C)(C)C)CC5)CCC5CCC2C3C54)CC1. The monoisotopic (exact) mass is 494 g/mol. The molecule has 0 bridgehead atoms. The molecule has 8 atom stereocenters. The predicted octanol–water partition coefficient (Wildman–Crippen LogP) is 10.8. The van der Waals surface area contributed by atoms with Crippen molar-refractivity contribution < 1.29 is 0 Å². The van der Waals surface area contributed by atoms with Crippen LogP contribution in [0.15, 0.2) is 0 Å². The molecule has 36 heavy (non-hydrogen) atoms. The van der Waals surface area contributed by atoms with Crippen LogP contribution in [0.3, 0.4) is 0 Å². The van der Waals surface area contributed by atoms with E-state index >= 15 is 0 Å². The summed E-state index contributed by atoms with van der Waals surface area (Å²) in [7, 11) is 0. The quantitative estimate of drug-likeness (QED) is 0.358. The van der Waals surface area contributed by atoms with Crippen LogP contribution in [0.1, 0.15) is 144 Å². The van der Waals surface area contributed by atoms with Gasteiger partial charge in [-0.05, 0) is 185 Å². The van der Waals surface area contributed by atoms with E-state index in [4.69, 9.17) is 0 Å². The molecule has 8 unspecified atom stereocenters. The van der Waals surface area contributed by atoms with Crippen LogP contribution >= 0.6 is 0 Å². The van der Waals surface area contributed by atoms with Gasteiger partial charge in [-0.3, -0.25) is 0 Å². The molecule has 6 saturated carbocycles. The van der Waals surface area contributed by atoms with Crippen LogP contribution in [0.5, 0.6) is 0 Å². The summed E-state index contributed by atoms with van der Waals surface area (Å²) in [5.74, 6) is 13.1. The summed E-state index contributed by atoms with van der Waals surface area (Å²) < 4.78 is 0. The normalized spacial score (nSPS) is 49.8. The van der Waals surface area contributed by atoms with E-state index in [1.165, 1.54) is 25.7 Å². The average Bonchev–Trinajstić information content (AvgIpc) is 2.86. The summed E-state index contributed by atoms with van der Waals surface area (Å²) in [4.78, 5) is 0. The number of rotatable bonds is 2. The van der Waals surface area contributed by atoms with Crippen LogP contribution < -0.4 is 0 Å². The topological polar surface area (TPSA) is 0 Å². The van der Waals surface area contributed by atoms with Gasteiger partial charge >= 0.3 is 0 Å². The summed E-state index contributed by atoms with van der Waals surface area (Å²) in [5, 5.41) is 0. The molecule has 0 aromatic carbocycles. The van der Waals surface area contributed by atoms with E-state index in [0.29, 0.717) is 10.8 Å². The zero-order valence-corrected chi connectivity index (χ0v) is 25.2. The van der Waals surface area contributed by atoms with Crippen molar-refractivity contribution in [2.45, 2.75) is 144 Å². The molecule has 6 rings (SSSR count). The van der Waals surface area contributed by atoms with Crippen LogP contribution in [0, 0.1) is 81.8 Å². The molecule has 0 heteroatoms. The zero-order valence-electron chi connectivity index (χ0n) is 25.2. The lowest BCUT2D eigenvalue weighted by molar-refractivity contribution is -0.135. The first-order valence-electron chi connectivity index (χ1n) is 17.1. The summed E-state index contributed by atoms with van der Waals surface area (Å²) in [6, 6.07) is 0. The zero-order chi connectivity index (χ0) is 25.2. The Morgan fingerprint density at radius 3 is 0.889 bits per heavy atom. The molecule has 0 heterocycles. The van der Waals surface area contributed by atoms with Gasteiger partial charge < -0.3 is 0 Å². The van der Waals surface area contributed by atoms with E-state index in [2.05, 4.69) is 41.5 Å². The van der Waals surface area contributed by atoms with Gasteiger partial charge in [0, 0.05) is 0 Å². The van der Waals surface area contributed by atoms with Crippen LogP contribution in [-0.2, 0) is 0 Å². The van der Waals surface area contributed by atoms with Crippen LogP contribution in [0.25, 0.3) is 0 Å². The lowest BCUT2D eigenvalue weighted by Crippen LogP contribution is -2.55. The largest absolute Gasteiger partial charge is 0.0599 e. The van der Waals surface area contributed by atoms with Gasteiger partial charge in [0.15, 0.2) is 0 Å². The Hall–Kier alpha value is 0. The fraction of sp³-hybridized carbons (Fsp3) is 1.00. The van der Waals surface area contributed by atoms with Gasteiger partial charge in [-0.15, -0.1) is 0 Å². The average molecular weight is 495 g/mol. The molecule has 0 amide bonds. The van der Waals surface area contributed by atoms with E-state index in [1.807, 2.05) is 0 Å². The summed E-state index contributed by atoms with van der Waals surface area (Å²) in [6.45, 7) is 15.0. The first-order chi connectivity index (χ1) is 17.1. The molecule has 0 saturated heterocycles. The standard InChI is InChI=1S/C36H62/c1-35(2,3)27-15-7-23(8-16-27)29-19-11-25-14-22-32-30(24-9-17-28(18-10-24)36(4,5)6)20-12-26-13-21-31(29)33(25)34(26)32/h23-34H,7-22H2,1-6H3. The lowest BCUT2D eigenvalue weighted by atomic mass is 9.43. The second-order valence-corrected chi connectivity index (χ2v) is 17.6. The van der Waals surface area contributed by atoms with Crippen molar-refractivity contribution in [1.82, 2.24) is 0 Å². The highest BCUT2D eigenvalue weighted by Gasteiger charge is 2.57. The predicted molar refractivity (Wildman–Crippen MR) is 155 cm³/mol. The Bertz CT molecular complexity index is 669. The van der Waals surface area contributed by atoms with Crippen LogP contribution in [0.4, 0.5) is 0 Å². The fourth-order valence-corrected chi connectivity index (χ4v) is 12.4. The molecular formula is C36H62. The second kappa shape index (κ2) is 9.88. The highest BCUT2D eigenvalue weighted by molar-refractivity contribution is 5.06. The maximum absolute atomic E-state index is 2.50. The molecule has 0 N–H and O–H groups in total. The van der Waals surface area contributed by atoms with E-state index in [0.717, 1.165) is 71.0 Å². The van der Waals surface area contributed by atoms with Crippen LogP contribution in [-0.4, -0.2) is 0 Å². The summed E-state index contributed by atoms with van der Waals surface area (Å²) >= 11 is 0. The van der Waals surface area contributed by atoms with Crippen molar-refractivity contribution in [3.05, 3.63) is 0 Å². The molecule has 0 spiro atoms. The Kier molecular flexibility index (Phi) is 7.20. The Labute approximate surface area is 225 Å². The summed E-state index contributed by atoms with van der Waals surface area (Å²) in [5.41, 5.74) is 1.06. The van der Waals surface area contributed by atoms with E-state index in [9.17, 15) is 0 Å². The lowest BCUT2D eigenvalue weighted by Gasteiger charge is -2.62. The summed E-state index contributed by atoms with van der Waals surface area (Å²) in [6.07, 6.45) is 25.3. The Balaban J connectivity index is 1.15. The maximum Gasteiger partial charge on any atom is -0.0321 e. The van der Waals surface area contributed by atoms with Crippen molar-refractivity contribution >= 4 is 0 Å². The maximum atomic E-state index is 2.50. The number of hydrogen-bond donors (Lipinski definition) is 0.